The lowest BCUT2D eigenvalue weighted by Crippen LogP contribution is -2.36. The molecule has 0 heterocycles. The molecule has 0 saturated heterocycles. The average molecular weight is 399 g/mol. The highest BCUT2D eigenvalue weighted by Crippen LogP contribution is 2.64. The van der Waals surface area contributed by atoms with E-state index >= 15 is 0 Å². The van der Waals surface area contributed by atoms with Gasteiger partial charge in [0.05, 0.1) is 11.0 Å². The number of hydrogen-bond donors (Lipinski definition) is 1. The zero-order chi connectivity index (χ0) is 21.4. The zero-order valence-corrected chi connectivity index (χ0v) is 18.4. The molecule has 29 heavy (non-hydrogen) atoms. The summed E-state index contributed by atoms with van der Waals surface area (Å²) in [5, 5.41) is 9.07. The Kier molecular flexibility index (Phi) is 5.68. The molecule has 2 aliphatic rings. The molecule has 0 radical (unpaired) electrons. The second-order valence-corrected chi connectivity index (χ2v) is 10.2. The number of esters is 1. The van der Waals surface area contributed by atoms with Crippen LogP contribution in [0.15, 0.2) is 35.4 Å². The Bertz CT molecular complexity index is 801. The van der Waals surface area contributed by atoms with Crippen molar-refractivity contribution in [2.24, 2.45) is 16.2 Å². The van der Waals surface area contributed by atoms with Gasteiger partial charge in [0.25, 0.3) is 0 Å². The molecule has 0 amide bonds. The van der Waals surface area contributed by atoms with Crippen molar-refractivity contribution < 1.29 is 19.4 Å². The Hall–Kier alpha value is -2.10. The van der Waals surface area contributed by atoms with E-state index in [9.17, 15) is 9.59 Å². The van der Waals surface area contributed by atoms with Crippen LogP contribution in [0.3, 0.4) is 0 Å². The average Bonchev–Trinajstić information content (AvgIpc) is 3.11. The summed E-state index contributed by atoms with van der Waals surface area (Å²) >= 11 is 0. The third kappa shape index (κ3) is 4.12. The first-order valence-corrected chi connectivity index (χ1v) is 10.8. The van der Waals surface area contributed by atoms with Crippen molar-refractivity contribution in [3.63, 3.8) is 0 Å². The van der Waals surface area contributed by atoms with Crippen LogP contribution in [0.25, 0.3) is 0 Å². The van der Waals surface area contributed by atoms with Crippen molar-refractivity contribution in [1.82, 2.24) is 0 Å². The predicted octanol–water partition coefficient (Wildman–Crippen LogP) is 6.40. The SMILES string of the molecule is CCCCCC1(C(=O)Oc2ccc(C(=O)O)cc2)CC2=C(C1)C(C)(C)CC2(C)C. The molecule has 3 rings (SSSR count). The maximum absolute atomic E-state index is 13.4. The van der Waals surface area contributed by atoms with Crippen LogP contribution in [-0.2, 0) is 4.79 Å². The van der Waals surface area contributed by atoms with E-state index in [2.05, 4.69) is 34.6 Å². The Balaban J connectivity index is 1.84. The van der Waals surface area contributed by atoms with Gasteiger partial charge in [-0.05, 0) is 60.8 Å². The number of benzene rings is 1. The molecule has 0 atom stereocenters. The summed E-state index contributed by atoms with van der Waals surface area (Å²) in [6, 6.07) is 6.11. The smallest absolute Gasteiger partial charge is 0.335 e. The Morgan fingerprint density at radius 3 is 2.00 bits per heavy atom. The lowest BCUT2D eigenvalue weighted by Gasteiger charge is -2.35. The van der Waals surface area contributed by atoms with Gasteiger partial charge in [0, 0.05) is 0 Å². The fourth-order valence-corrected chi connectivity index (χ4v) is 5.58. The normalized spacial score (nSPS) is 21.1. The molecule has 1 N–H and O–H groups in total. The van der Waals surface area contributed by atoms with Crippen molar-refractivity contribution in [2.45, 2.75) is 79.6 Å². The summed E-state index contributed by atoms with van der Waals surface area (Å²) < 4.78 is 5.81. The number of carbonyl (C=O) groups is 2. The van der Waals surface area contributed by atoms with E-state index in [4.69, 9.17) is 9.84 Å². The number of carbonyl (C=O) groups excluding carboxylic acids is 1. The molecule has 0 aromatic heterocycles. The van der Waals surface area contributed by atoms with Crippen LogP contribution in [0.5, 0.6) is 5.75 Å². The van der Waals surface area contributed by atoms with Crippen molar-refractivity contribution in [2.75, 3.05) is 0 Å². The summed E-state index contributed by atoms with van der Waals surface area (Å²) in [5.41, 5.74) is 2.84. The number of ether oxygens (including phenoxy) is 1. The molecule has 2 aliphatic carbocycles. The highest BCUT2D eigenvalue weighted by atomic mass is 16.5. The van der Waals surface area contributed by atoms with Gasteiger partial charge in [-0.3, -0.25) is 4.79 Å². The number of carboxylic acids is 1. The molecular weight excluding hydrogens is 364 g/mol. The van der Waals surface area contributed by atoms with Crippen LogP contribution < -0.4 is 4.74 Å². The minimum atomic E-state index is -0.986. The quantitative estimate of drug-likeness (QED) is 0.250. The van der Waals surface area contributed by atoms with E-state index < -0.39 is 11.4 Å². The van der Waals surface area contributed by atoms with Gasteiger partial charge in [0.2, 0.25) is 0 Å². The number of carboxylic acid groups (broad SMARTS) is 1. The Morgan fingerprint density at radius 2 is 1.52 bits per heavy atom. The first-order chi connectivity index (χ1) is 13.5. The third-order valence-electron chi connectivity index (χ3n) is 6.92. The van der Waals surface area contributed by atoms with Crippen LogP contribution in [-0.4, -0.2) is 17.0 Å². The Morgan fingerprint density at radius 1 is 0.966 bits per heavy atom. The Labute approximate surface area is 174 Å². The minimum absolute atomic E-state index is 0.120. The molecule has 1 aromatic carbocycles. The monoisotopic (exact) mass is 398 g/mol. The maximum atomic E-state index is 13.4. The highest BCUT2D eigenvalue weighted by molar-refractivity contribution is 5.88. The molecule has 158 valence electrons. The van der Waals surface area contributed by atoms with E-state index in [0.717, 1.165) is 44.9 Å². The van der Waals surface area contributed by atoms with Gasteiger partial charge in [0.1, 0.15) is 5.75 Å². The summed E-state index contributed by atoms with van der Waals surface area (Å²) in [7, 11) is 0. The fourth-order valence-electron chi connectivity index (χ4n) is 5.58. The van der Waals surface area contributed by atoms with Crippen molar-refractivity contribution in [1.29, 1.82) is 0 Å². The van der Waals surface area contributed by atoms with Gasteiger partial charge >= 0.3 is 11.9 Å². The van der Waals surface area contributed by atoms with Crippen molar-refractivity contribution in [3.8, 4) is 5.75 Å². The van der Waals surface area contributed by atoms with E-state index in [1.165, 1.54) is 23.3 Å². The molecule has 4 nitrogen and oxygen atoms in total. The number of unbranched alkanes of at least 4 members (excludes halogenated alkanes) is 2. The highest BCUT2D eigenvalue weighted by Gasteiger charge is 2.55. The van der Waals surface area contributed by atoms with E-state index in [-0.39, 0.29) is 22.4 Å². The minimum Gasteiger partial charge on any atom is -0.478 e. The molecule has 0 unspecified atom stereocenters. The van der Waals surface area contributed by atoms with Crippen molar-refractivity contribution in [3.05, 3.63) is 41.0 Å². The van der Waals surface area contributed by atoms with Crippen LogP contribution in [0, 0.1) is 16.2 Å². The van der Waals surface area contributed by atoms with Gasteiger partial charge in [-0.25, -0.2) is 4.79 Å². The van der Waals surface area contributed by atoms with Gasteiger partial charge in [0.15, 0.2) is 0 Å². The number of rotatable bonds is 7. The molecular formula is C25H34O4. The number of allylic oxidation sites excluding steroid dienone is 2. The third-order valence-corrected chi connectivity index (χ3v) is 6.92. The summed E-state index contributed by atoms with van der Waals surface area (Å²) in [6.45, 7) is 11.4. The first kappa shape index (κ1) is 21.6. The second kappa shape index (κ2) is 7.62. The van der Waals surface area contributed by atoms with E-state index in [0.29, 0.717) is 5.75 Å². The molecule has 4 heteroatoms. The first-order valence-electron chi connectivity index (χ1n) is 10.8. The molecule has 0 bridgehead atoms. The van der Waals surface area contributed by atoms with Crippen LogP contribution in [0.4, 0.5) is 0 Å². The largest absolute Gasteiger partial charge is 0.478 e. The van der Waals surface area contributed by atoms with Crippen LogP contribution in [0.1, 0.15) is 89.9 Å². The summed E-state index contributed by atoms with van der Waals surface area (Å²) in [6.07, 6.45) is 6.78. The van der Waals surface area contributed by atoms with Crippen molar-refractivity contribution >= 4 is 11.9 Å². The number of aromatic carboxylic acids is 1. The fraction of sp³-hybridized carbons (Fsp3) is 0.600. The molecule has 0 aliphatic heterocycles. The maximum Gasteiger partial charge on any atom is 0.335 e. The van der Waals surface area contributed by atoms with E-state index in [1.807, 2.05) is 0 Å². The lowest BCUT2D eigenvalue weighted by molar-refractivity contribution is -0.146. The van der Waals surface area contributed by atoms with Crippen LogP contribution >= 0.6 is 0 Å². The van der Waals surface area contributed by atoms with Gasteiger partial charge in [-0.15, -0.1) is 0 Å². The molecule has 0 fully saturated rings. The van der Waals surface area contributed by atoms with Gasteiger partial charge in [-0.2, -0.15) is 0 Å². The standard InChI is InChI=1S/C25H34O4/c1-6-7-8-13-25(14-19-20(15-25)24(4,5)16-23(19,2)3)22(28)29-18-11-9-17(10-12-18)21(26)27/h9-12H,6-8,13-16H2,1-5H3,(H,26,27). The number of hydrogen-bond acceptors (Lipinski definition) is 3. The predicted molar refractivity (Wildman–Crippen MR) is 114 cm³/mol. The van der Waals surface area contributed by atoms with Gasteiger partial charge in [-0.1, -0.05) is 65.0 Å². The van der Waals surface area contributed by atoms with Crippen LogP contribution in [0.2, 0.25) is 0 Å². The topological polar surface area (TPSA) is 63.6 Å². The summed E-state index contributed by atoms with van der Waals surface area (Å²) in [4.78, 5) is 24.5. The molecule has 0 spiro atoms. The summed E-state index contributed by atoms with van der Waals surface area (Å²) in [5.74, 6) is -0.738. The second-order valence-electron chi connectivity index (χ2n) is 10.2. The molecule has 0 saturated carbocycles. The van der Waals surface area contributed by atoms with E-state index in [1.54, 1.807) is 12.1 Å². The van der Waals surface area contributed by atoms with Gasteiger partial charge < -0.3 is 9.84 Å². The molecule has 1 aromatic rings. The zero-order valence-electron chi connectivity index (χ0n) is 18.4. The lowest BCUT2D eigenvalue weighted by atomic mass is 9.69.